The van der Waals surface area contributed by atoms with E-state index in [-0.39, 0.29) is 17.0 Å². The number of hydrogen-bond acceptors (Lipinski definition) is 14. The first-order valence-corrected chi connectivity index (χ1v) is 16.1. The van der Waals surface area contributed by atoms with Gasteiger partial charge in [0.15, 0.2) is 36.3 Å². The van der Waals surface area contributed by atoms with Gasteiger partial charge < -0.3 is 29.5 Å². The van der Waals surface area contributed by atoms with Crippen LogP contribution in [0.5, 0.6) is 0 Å². The lowest BCUT2D eigenvalue weighted by molar-refractivity contribution is -0.0636. The third-order valence-corrected chi connectivity index (χ3v) is 9.18. The van der Waals surface area contributed by atoms with Crippen LogP contribution >= 0.6 is 14.5 Å². The Bertz CT molecular complexity index is 1730. The predicted octanol–water partition coefficient (Wildman–Crippen LogP) is -0.436. The molecule has 6 unspecified atom stereocenters. The smallest absolute Gasteiger partial charge is 0.382 e. The number of nitrogen functional groups attached to an aromatic ring is 1. The van der Waals surface area contributed by atoms with E-state index in [1.165, 1.54) is 6.33 Å². The highest BCUT2D eigenvalue weighted by molar-refractivity contribution is 8.07. The van der Waals surface area contributed by atoms with Gasteiger partial charge >= 0.3 is 20.2 Å². The Kier molecular flexibility index (Phi) is 7.64. The number of halogens is 2. The Morgan fingerprint density at radius 2 is 1.64 bits per heavy atom. The van der Waals surface area contributed by atoms with Gasteiger partial charge in [-0.05, 0) is 11.8 Å². The van der Waals surface area contributed by atoms with E-state index in [4.69, 9.17) is 45.1 Å². The molecule has 23 heteroatoms. The molecule has 3 aliphatic rings. The number of ether oxygens (including phenoxy) is 2. The average molecular weight is 655 g/mol. The van der Waals surface area contributed by atoms with Crippen LogP contribution in [0, 0.1) is 0 Å². The number of rotatable bonds is 2. The molecule has 18 nitrogen and oxygen atoms in total. The molecule has 0 spiro atoms. The van der Waals surface area contributed by atoms with Crippen LogP contribution in [0.2, 0.25) is 0 Å². The molecule has 5 N–H and O–H groups in total. The van der Waals surface area contributed by atoms with E-state index in [9.17, 15) is 23.9 Å². The molecule has 0 radical (unpaired) electrons. The number of nitrogens with one attached hydrogen (secondary N) is 1. The van der Waals surface area contributed by atoms with Gasteiger partial charge in [-0.15, -0.1) is 0 Å². The summed E-state index contributed by atoms with van der Waals surface area (Å²) in [6.07, 6.45) is -11.0. The number of aromatic amines is 1. The van der Waals surface area contributed by atoms with Gasteiger partial charge in [0.05, 0.1) is 19.5 Å². The van der Waals surface area contributed by atoms with Gasteiger partial charge in [-0.3, -0.25) is 32.5 Å². The van der Waals surface area contributed by atoms with E-state index in [1.54, 1.807) is 0 Å². The predicted molar refractivity (Wildman–Crippen MR) is 137 cm³/mol. The minimum Gasteiger partial charge on any atom is -0.382 e. The van der Waals surface area contributed by atoms with Crippen molar-refractivity contribution in [1.82, 2.24) is 29.1 Å². The molecule has 3 saturated heterocycles. The minimum atomic E-state index is -5.11. The molecular formula is C19H21F2N7O11P2S. The maximum absolute atomic E-state index is 15.8. The fourth-order valence-corrected chi connectivity index (χ4v) is 7.14. The molecule has 3 aromatic heterocycles. The first kappa shape index (κ1) is 29.5. The number of H-pyrrole nitrogens is 1. The van der Waals surface area contributed by atoms with Crippen molar-refractivity contribution >= 4 is 43.3 Å². The number of nitrogens with zero attached hydrogens (tertiary/aromatic N) is 5. The van der Waals surface area contributed by atoms with Gasteiger partial charge in [0, 0.05) is 12.3 Å². The number of alkyl halides is 2. The molecule has 228 valence electrons. The number of fused-ring (bicyclic) bond motifs is 3. The van der Waals surface area contributed by atoms with E-state index in [1.807, 2.05) is 4.98 Å². The van der Waals surface area contributed by atoms with E-state index in [2.05, 4.69) is 15.0 Å². The van der Waals surface area contributed by atoms with Gasteiger partial charge in [-0.1, -0.05) is 0 Å². The largest absolute Gasteiger partial charge is 0.472 e. The summed E-state index contributed by atoms with van der Waals surface area (Å²) in [6.45, 7) is -5.98. The molecule has 0 aliphatic carbocycles. The first-order chi connectivity index (χ1) is 19.8. The molecule has 10 atom stereocenters. The van der Waals surface area contributed by atoms with Crippen LogP contribution in [0.1, 0.15) is 12.5 Å². The van der Waals surface area contributed by atoms with Crippen LogP contribution < -0.4 is 17.0 Å². The summed E-state index contributed by atoms with van der Waals surface area (Å²) in [7, 11) is -5.11. The normalized spacial score (nSPS) is 39.3. The second-order valence-electron chi connectivity index (χ2n) is 9.29. The Morgan fingerprint density at radius 1 is 1.00 bits per heavy atom. The van der Waals surface area contributed by atoms with Crippen molar-refractivity contribution < 1.29 is 50.7 Å². The van der Waals surface area contributed by atoms with Crippen molar-refractivity contribution in [2.24, 2.45) is 0 Å². The summed E-state index contributed by atoms with van der Waals surface area (Å²) in [6, 6.07) is 0.933. The van der Waals surface area contributed by atoms with Crippen LogP contribution in [-0.2, 0) is 43.9 Å². The number of anilines is 1. The monoisotopic (exact) mass is 655 g/mol. The molecule has 0 bridgehead atoms. The molecule has 6 heterocycles. The SMILES string of the molecule is Nc1ncnc2c1ncn2[C@@H]1O[C@@H]2COP(O)(=S)OC3C(F)[C@H](n4ccc(=O)[nH]c4=O)O[C@@H]3COP(=O)(O)OC2C1F. The summed E-state index contributed by atoms with van der Waals surface area (Å²) < 4.78 is 78.1. The summed E-state index contributed by atoms with van der Waals surface area (Å²) in [5.74, 6) is 0.0104. The Morgan fingerprint density at radius 3 is 2.33 bits per heavy atom. The maximum atomic E-state index is 15.8. The fraction of sp³-hybridized carbons (Fsp3) is 0.526. The lowest BCUT2D eigenvalue weighted by atomic mass is 10.1. The number of phosphoric acid groups is 1. The second kappa shape index (κ2) is 10.9. The second-order valence-corrected chi connectivity index (χ2v) is 13.5. The van der Waals surface area contributed by atoms with Crippen molar-refractivity contribution in [2.75, 3.05) is 18.9 Å². The van der Waals surface area contributed by atoms with Crippen LogP contribution in [0.15, 0.2) is 34.5 Å². The van der Waals surface area contributed by atoms with E-state index in [0.29, 0.717) is 4.57 Å². The molecule has 3 aliphatic heterocycles. The van der Waals surface area contributed by atoms with Gasteiger partial charge in [-0.2, -0.15) is 0 Å². The number of nitrogens with two attached hydrogens (primary N) is 1. The fourth-order valence-electron chi connectivity index (χ4n) is 4.74. The zero-order chi connectivity index (χ0) is 30.0. The standard InChI is InChI=1S/C19H21F2N7O11P2S/c20-10-13-8(37-18(10)28-6-25-12-15(22)23-5-24-16(12)28)4-35-41(33,42)39-14-7(3-34-40(31,32)38-13)36-17(11(14)21)27-2-1-9(29)26-19(27)30/h1-2,5-8,10-11,13-14,17-18H,3-4H2,(H,31,32)(H,33,42)(H2,22,23,24)(H,26,29,30)/t7-,8-,10?,11?,13?,14?,17-,18-,41?/m1/s1. The van der Waals surface area contributed by atoms with Gasteiger partial charge in [0.1, 0.15) is 36.3 Å². The first-order valence-electron chi connectivity index (χ1n) is 12.0. The van der Waals surface area contributed by atoms with Gasteiger partial charge in [0.25, 0.3) is 5.56 Å². The van der Waals surface area contributed by atoms with Crippen molar-refractivity contribution in [2.45, 2.75) is 49.2 Å². The number of imidazole rings is 1. The molecule has 6 rings (SSSR count). The topological polar surface area (TPSA) is 237 Å². The molecule has 3 fully saturated rings. The average Bonchev–Trinajstić information content (AvgIpc) is 3.57. The highest BCUT2D eigenvalue weighted by Gasteiger charge is 2.54. The van der Waals surface area contributed by atoms with Crippen molar-refractivity contribution in [3.8, 4) is 0 Å². The van der Waals surface area contributed by atoms with Crippen LogP contribution in [0.3, 0.4) is 0 Å². The molecule has 3 aromatic rings. The summed E-state index contributed by atoms with van der Waals surface area (Å²) in [4.78, 5) is 58.6. The van der Waals surface area contributed by atoms with Crippen molar-refractivity contribution in [3.05, 3.63) is 45.8 Å². The molecule has 0 aromatic carbocycles. The van der Waals surface area contributed by atoms with Gasteiger partial charge in [0.2, 0.25) is 0 Å². The van der Waals surface area contributed by atoms with E-state index < -0.39 is 88.2 Å². The highest BCUT2D eigenvalue weighted by Crippen LogP contribution is 2.54. The summed E-state index contributed by atoms with van der Waals surface area (Å²) >= 11 is 5.02. The Labute approximate surface area is 237 Å². The van der Waals surface area contributed by atoms with Crippen molar-refractivity contribution in [1.29, 1.82) is 0 Å². The third-order valence-electron chi connectivity index (χ3n) is 6.63. The minimum absolute atomic E-state index is 0.0104. The van der Waals surface area contributed by atoms with Crippen molar-refractivity contribution in [3.63, 3.8) is 0 Å². The quantitative estimate of drug-likeness (QED) is 0.256. The lowest BCUT2D eigenvalue weighted by Crippen LogP contribution is -2.38. The lowest BCUT2D eigenvalue weighted by Gasteiger charge is -2.28. The van der Waals surface area contributed by atoms with Gasteiger partial charge in [-0.25, -0.2) is 33.1 Å². The van der Waals surface area contributed by atoms with E-state index in [0.717, 1.165) is 23.2 Å². The Hall–Kier alpha value is -2.55. The molecule has 0 saturated carbocycles. The van der Waals surface area contributed by atoms with Crippen LogP contribution in [-0.4, -0.2) is 88.8 Å². The zero-order valence-corrected chi connectivity index (χ0v) is 23.4. The Balaban J connectivity index is 1.28. The molecule has 0 amide bonds. The van der Waals surface area contributed by atoms with Crippen LogP contribution in [0.4, 0.5) is 14.6 Å². The maximum Gasteiger partial charge on any atom is 0.472 e. The summed E-state index contributed by atoms with van der Waals surface area (Å²) in [5.41, 5.74) is 4.22. The molecule has 42 heavy (non-hydrogen) atoms. The zero-order valence-electron chi connectivity index (χ0n) is 20.8. The van der Waals surface area contributed by atoms with E-state index >= 15 is 8.78 Å². The highest BCUT2D eigenvalue weighted by atomic mass is 32.5. The van der Waals surface area contributed by atoms with Crippen LogP contribution in [0.25, 0.3) is 11.2 Å². The number of phosphoric ester groups is 1. The number of aromatic nitrogens is 6. The molecular weight excluding hydrogens is 634 g/mol. The third kappa shape index (κ3) is 5.46. The number of hydrogen-bond donors (Lipinski definition) is 4. The summed E-state index contributed by atoms with van der Waals surface area (Å²) in [5, 5.41) is 0.